The molecule has 0 fully saturated rings. The van der Waals surface area contributed by atoms with E-state index in [0.29, 0.717) is 30.3 Å². The van der Waals surface area contributed by atoms with Crippen molar-refractivity contribution in [2.24, 2.45) is 11.7 Å². The first-order chi connectivity index (χ1) is 9.99. The molecule has 1 rings (SSSR count). The van der Waals surface area contributed by atoms with Crippen molar-refractivity contribution in [3.05, 3.63) is 35.9 Å². The Balaban J connectivity index is 2.50. The number of amides is 1. The number of benzene rings is 1. The molecule has 0 saturated carbocycles. The highest BCUT2D eigenvalue weighted by molar-refractivity contribution is 7.80. The van der Waals surface area contributed by atoms with Crippen molar-refractivity contribution in [3.63, 3.8) is 0 Å². The molecular formula is C17H26N2OS. The normalized spacial score (nSPS) is 10.6. The third kappa shape index (κ3) is 7.81. The van der Waals surface area contributed by atoms with Gasteiger partial charge in [0, 0.05) is 25.9 Å². The molecule has 0 bridgehead atoms. The fourth-order valence-corrected chi connectivity index (χ4v) is 2.17. The van der Waals surface area contributed by atoms with Crippen LogP contribution in [0.1, 0.15) is 38.7 Å². The Kier molecular flexibility index (Phi) is 7.98. The van der Waals surface area contributed by atoms with Gasteiger partial charge in [-0.15, -0.1) is 0 Å². The maximum atomic E-state index is 12.4. The Morgan fingerprint density at radius 2 is 1.86 bits per heavy atom. The molecule has 1 aromatic rings. The van der Waals surface area contributed by atoms with E-state index in [4.69, 9.17) is 18.0 Å². The summed E-state index contributed by atoms with van der Waals surface area (Å²) in [5, 5.41) is 0. The molecule has 0 saturated heterocycles. The molecule has 21 heavy (non-hydrogen) atoms. The van der Waals surface area contributed by atoms with Crippen molar-refractivity contribution in [3.8, 4) is 0 Å². The van der Waals surface area contributed by atoms with E-state index >= 15 is 0 Å². The van der Waals surface area contributed by atoms with Crippen LogP contribution in [0, 0.1) is 5.92 Å². The van der Waals surface area contributed by atoms with Gasteiger partial charge in [0.15, 0.2) is 0 Å². The molecule has 3 nitrogen and oxygen atoms in total. The number of carbonyl (C=O) groups excluding carboxylic acids is 1. The second kappa shape index (κ2) is 9.50. The molecule has 0 aliphatic carbocycles. The van der Waals surface area contributed by atoms with Gasteiger partial charge in [0.05, 0.1) is 4.99 Å². The van der Waals surface area contributed by atoms with Gasteiger partial charge >= 0.3 is 0 Å². The molecule has 0 radical (unpaired) electrons. The van der Waals surface area contributed by atoms with Crippen molar-refractivity contribution < 1.29 is 4.79 Å². The molecule has 116 valence electrons. The summed E-state index contributed by atoms with van der Waals surface area (Å²) >= 11 is 4.92. The number of hydrogen-bond donors (Lipinski definition) is 1. The van der Waals surface area contributed by atoms with E-state index in [2.05, 4.69) is 26.0 Å². The third-order valence-corrected chi connectivity index (χ3v) is 3.63. The average molecular weight is 306 g/mol. The minimum Gasteiger partial charge on any atom is -0.393 e. The van der Waals surface area contributed by atoms with E-state index in [9.17, 15) is 4.79 Å². The zero-order valence-electron chi connectivity index (χ0n) is 13.0. The lowest BCUT2D eigenvalue weighted by Gasteiger charge is -2.23. The van der Waals surface area contributed by atoms with E-state index < -0.39 is 0 Å². The van der Waals surface area contributed by atoms with Crippen LogP contribution >= 0.6 is 12.2 Å². The first-order valence-corrected chi connectivity index (χ1v) is 8.00. The SMILES string of the molecule is CC(C)CCN(CCC(N)=S)C(=O)CCc1ccccc1. The lowest BCUT2D eigenvalue weighted by Crippen LogP contribution is -2.35. The molecule has 2 N–H and O–H groups in total. The van der Waals surface area contributed by atoms with Crippen LogP contribution in [-0.2, 0) is 11.2 Å². The maximum Gasteiger partial charge on any atom is 0.222 e. The molecule has 0 aliphatic heterocycles. The van der Waals surface area contributed by atoms with E-state index in [1.165, 1.54) is 5.56 Å². The molecule has 0 aromatic heterocycles. The number of nitrogens with two attached hydrogens (primary N) is 1. The highest BCUT2D eigenvalue weighted by atomic mass is 32.1. The van der Waals surface area contributed by atoms with Gasteiger partial charge in [-0.3, -0.25) is 4.79 Å². The molecule has 1 amide bonds. The fourth-order valence-electron chi connectivity index (χ4n) is 2.07. The van der Waals surface area contributed by atoms with Crippen molar-refractivity contribution in [2.45, 2.75) is 39.5 Å². The summed E-state index contributed by atoms with van der Waals surface area (Å²) in [7, 11) is 0. The quantitative estimate of drug-likeness (QED) is 0.713. The summed E-state index contributed by atoms with van der Waals surface area (Å²) in [5.41, 5.74) is 6.75. The van der Waals surface area contributed by atoms with Crippen LogP contribution in [0.25, 0.3) is 0 Å². The number of carbonyl (C=O) groups is 1. The standard InChI is InChI=1S/C17H26N2OS/c1-14(2)10-12-19(13-11-16(18)21)17(20)9-8-15-6-4-3-5-7-15/h3-7,14H,8-13H2,1-2H3,(H2,18,21). The van der Waals surface area contributed by atoms with Gasteiger partial charge in [-0.2, -0.15) is 0 Å². The summed E-state index contributed by atoms with van der Waals surface area (Å²) in [6.07, 6.45) is 2.93. The predicted octanol–water partition coefficient (Wildman–Crippen LogP) is 3.17. The molecule has 0 atom stereocenters. The Bertz CT molecular complexity index is 445. The van der Waals surface area contributed by atoms with Crippen LogP contribution in [0.15, 0.2) is 30.3 Å². The molecule has 0 heterocycles. The highest BCUT2D eigenvalue weighted by Crippen LogP contribution is 2.08. The van der Waals surface area contributed by atoms with Crippen LogP contribution in [0.3, 0.4) is 0 Å². The molecule has 0 unspecified atom stereocenters. The Hall–Kier alpha value is -1.42. The minimum absolute atomic E-state index is 0.191. The number of rotatable bonds is 9. The second-order valence-electron chi connectivity index (χ2n) is 5.77. The first kappa shape index (κ1) is 17.6. The third-order valence-electron chi connectivity index (χ3n) is 3.43. The number of aryl methyl sites for hydroxylation is 1. The van der Waals surface area contributed by atoms with Crippen molar-refractivity contribution in [1.29, 1.82) is 0 Å². The van der Waals surface area contributed by atoms with Crippen LogP contribution in [0.4, 0.5) is 0 Å². The Morgan fingerprint density at radius 3 is 2.43 bits per heavy atom. The number of hydrogen-bond acceptors (Lipinski definition) is 2. The fraction of sp³-hybridized carbons (Fsp3) is 0.529. The topological polar surface area (TPSA) is 46.3 Å². The van der Waals surface area contributed by atoms with Gasteiger partial charge in [0.25, 0.3) is 0 Å². The van der Waals surface area contributed by atoms with E-state index in [0.717, 1.165) is 19.4 Å². The molecule has 1 aromatic carbocycles. The van der Waals surface area contributed by atoms with Crippen LogP contribution in [0.5, 0.6) is 0 Å². The predicted molar refractivity (Wildman–Crippen MR) is 92.2 cm³/mol. The largest absolute Gasteiger partial charge is 0.393 e. The van der Waals surface area contributed by atoms with Gasteiger partial charge in [0.2, 0.25) is 5.91 Å². The summed E-state index contributed by atoms with van der Waals surface area (Å²) in [5.74, 6) is 0.773. The van der Waals surface area contributed by atoms with Gasteiger partial charge in [-0.25, -0.2) is 0 Å². The highest BCUT2D eigenvalue weighted by Gasteiger charge is 2.14. The lowest BCUT2D eigenvalue weighted by molar-refractivity contribution is -0.131. The zero-order chi connectivity index (χ0) is 15.7. The van der Waals surface area contributed by atoms with Crippen LogP contribution in [-0.4, -0.2) is 28.9 Å². The Morgan fingerprint density at radius 1 is 1.19 bits per heavy atom. The second-order valence-corrected chi connectivity index (χ2v) is 6.29. The lowest BCUT2D eigenvalue weighted by atomic mass is 10.1. The van der Waals surface area contributed by atoms with Crippen LogP contribution in [0.2, 0.25) is 0 Å². The molecule has 0 aliphatic rings. The van der Waals surface area contributed by atoms with Gasteiger partial charge in [-0.1, -0.05) is 56.4 Å². The van der Waals surface area contributed by atoms with E-state index in [1.807, 2.05) is 23.1 Å². The average Bonchev–Trinajstić information content (AvgIpc) is 2.45. The van der Waals surface area contributed by atoms with Crippen LogP contribution < -0.4 is 5.73 Å². The van der Waals surface area contributed by atoms with Gasteiger partial charge in [0.1, 0.15) is 0 Å². The van der Waals surface area contributed by atoms with E-state index in [-0.39, 0.29) is 5.91 Å². The monoisotopic (exact) mass is 306 g/mol. The maximum absolute atomic E-state index is 12.4. The van der Waals surface area contributed by atoms with Gasteiger partial charge in [-0.05, 0) is 24.3 Å². The first-order valence-electron chi connectivity index (χ1n) is 7.59. The van der Waals surface area contributed by atoms with Crippen molar-refractivity contribution in [1.82, 2.24) is 4.90 Å². The number of thiocarbonyl (C=S) groups is 1. The van der Waals surface area contributed by atoms with Crippen molar-refractivity contribution in [2.75, 3.05) is 13.1 Å². The molecule has 4 heteroatoms. The number of nitrogens with zero attached hydrogens (tertiary/aromatic N) is 1. The summed E-state index contributed by atoms with van der Waals surface area (Å²) in [6, 6.07) is 10.1. The Labute approximate surface area is 133 Å². The zero-order valence-corrected chi connectivity index (χ0v) is 13.9. The minimum atomic E-state index is 0.191. The van der Waals surface area contributed by atoms with Gasteiger partial charge < -0.3 is 10.6 Å². The summed E-state index contributed by atoms with van der Waals surface area (Å²) in [4.78, 5) is 14.8. The smallest absolute Gasteiger partial charge is 0.222 e. The van der Waals surface area contributed by atoms with Crippen molar-refractivity contribution >= 4 is 23.1 Å². The molecular weight excluding hydrogens is 280 g/mol. The summed E-state index contributed by atoms with van der Waals surface area (Å²) in [6.45, 7) is 5.75. The van der Waals surface area contributed by atoms with E-state index in [1.54, 1.807) is 0 Å². The molecule has 0 spiro atoms. The summed E-state index contributed by atoms with van der Waals surface area (Å²) < 4.78 is 0.